The molecule has 2 heterocycles. The molecule has 0 aromatic carbocycles. The molecule has 0 aliphatic heterocycles. The fourth-order valence-electron chi connectivity index (χ4n) is 1.82. The Balaban J connectivity index is 2.94. The lowest BCUT2D eigenvalue weighted by Gasteiger charge is -2.03. The van der Waals surface area contributed by atoms with Crippen LogP contribution in [0.15, 0.2) is 12.1 Å². The van der Waals surface area contributed by atoms with Crippen LogP contribution in [0.1, 0.15) is 22.6 Å². The second-order valence-corrected chi connectivity index (χ2v) is 3.65. The van der Waals surface area contributed by atoms with E-state index in [9.17, 15) is 0 Å². The lowest BCUT2D eigenvalue weighted by molar-refractivity contribution is 1.02. The van der Waals surface area contributed by atoms with Crippen LogP contribution in [0.25, 0.3) is 5.65 Å². The van der Waals surface area contributed by atoms with Crippen molar-refractivity contribution in [3.05, 3.63) is 34.8 Å². The van der Waals surface area contributed by atoms with Crippen LogP contribution in [0, 0.1) is 27.7 Å². The van der Waals surface area contributed by atoms with Gasteiger partial charge in [0.2, 0.25) is 0 Å². The van der Waals surface area contributed by atoms with Gasteiger partial charge in [0.1, 0.15) is 5.65 Å². The van der Waals surface area contributed by atoms with Gasteiger partial charge >= 0.3 is 0 Å². The molecule has 0 fully saturated rings. The Morgan fingerprint density at radius 2 is 1.77 bits per heavy atom. The van der Waals surface area contributed by atoms with E-state index in [0.29, 0.717) is 0 Å². The quantitative estimate of drug-likeness (QED) is 0.600. The van der Waals surface area contributed by atoms with E-state index in [1.165, 1.54) is 17.0 Å². The number of aromatic nitrogens is 2. The second-order valence-electron chi connectivity index (χ2n) is 3.65. The Hall–Kier alpha value is -1.31. The van der Waals surface area contributed by atoms with E-state index in [2.05, 4.69) is 49.2 Å². The van der Waals surface area contributed by atoms with Gasteiger partial charge in [-0.1, -0.05) is 0 Å². The molecule has 2 rings (SSSR count). The minimum Gasteiger partial charge on any atom is -0.301 e. The molecule has 0 bridgehead atoms. The molecule has 0 unspecified atom stereocenters. The van der Waals surface area contributed by atoms with Gasteiger partial charge in [0.15, 0.2) is 0 Å². The first-order chi connectivity index (χ1) is 6.09. The van der Waals surface area contributed by atoms with E-state index in [1.54, 1.807) is 0 Å². The number of nitrogens with zero attached hydrogens (tertiary/aromatic N) is 2. The summed E-state index contributed by atoms with van der Waals surface area (Å²) in [6.07, 6.45) is 0. The summed E-state index contributed by atoms with van der Waals surface area (Å²) >= 11 is 0. The molecule has 0 saturated heterocycles. The van der Waals surface area contributed by atoms with E-state index in [4.69, 9.17) is 0 Å². The van der Waals surface area contributed by atoms with Gasteiger partial charge in [0.25, 0.3) is 0 Å². The van der Waals surface area contributed by atoms with Crippen LogP contribution in [0.2, 0.25) is 0 Å². The highest BCUT2D eigenvalue weighted by Crippen LogP contribution is 2.15. The van der Waals surface area contributed by atoms with Gasteiger partial charge in [-0.2, -0.15) is 0 Å². The molecule has 2 aromatic heterocycles. The van der Waals surface area contributed by atoms with Crippen molar-refractivity contribution in [1.29, 1.82) is 0 Å². The van der Waals surface area contributed by atoms with Crippen LogP contribution >= 0.6 is 0 Å². The summed E-state index contributed by atoms with van der Waals surface area (Å²) in [4.78, 5) is 4.50. The molecule has 0 aliphatic carbocycles. The first-order valence-electron chi connectivity index (χ1n) is 4.52. The smallest absolute Gasteiger partial charge is 0.137 e. The van der Waals surface area contributed by atoms with Gasteiger partial charge in [-0.05, 0) is 45.4 Å². The van der Waals surface area contributed by atoms with Crippen molar-refractivity contribution in [1.82, 2.24) is 9.38 Å². The third-order valence-corrected chi connectivity index (χ3v) is 2.52. The second kappa shape index (κ2) is 2.59. The SMILES string of the molecule is Cc1cc(C)n2c(C)c(C)nc2c1. The van der Waals surface area contributed by atoms with Crippen molar-refractivity contribution < 1.29 is 0 Å². The Bertz CT molecular complexity index is 466. The molecule has 0 atom stereocenters. The van der Waals surface area contributed by atoms with E-state index in [0.717, 1.165) is 11.3 Å². The minimum absolute atomic E-state index is 1.06. The molecule has 0 N–H and O–H groups in total. The molecule has 0 aliphatic rings. The number of hydrogen-bond donors (Lipinski definition) is 0. The minimum atomic E-state index is 1.06. The summed E-state index contributed by atoms with van der Waals surface area (Å²) in [6.45, 7) is 8.38. The van der Waals surface area contributed by atoms with Crippen LogP contribution < -0.4 is 0 Å². The zero-order valence-electron chi connectivity index (χ0n) is 8.55. The largest absolute Gasteiger partial charge is 0.301 e. The summed E-state index contributed by atoms with van der Waals surface area (Å²) < 4.78 is 2.20. The predicted molar refractivity (Wildman–Crippen MR) is 54.1 cm³/mol. The average molecular weight is 174 g/mol. The first kappa shape index (κ1) is 8.30. The molecule has 0 radical (unpaired) electrons. The molecule has 0 spiro atoms. The first-order valence-corrected chi connectivity index (χ1v) is 4.52. The average Bonchev–Trinajstić information content (AvgIpc) is 2.27. The van der Waals surface area contributed by atoms with Crippen LogP contribution in [0.3, 0.4) is 0 Å². The zero-order chi connectivity index (χ0) is 9.59. The Morgan fingerprint density at radius 1 is 1.08 bits per heavy atom. The van der Waals surface area contributed by atoms with Crippen LogP contribution in [0.4, 0.5) is 0 Å². The highest BCUT2D eigenvalue weighted by molar-refractivity contribution is 5.47. The number of hydrogen-bond acceptors (Lipinski definition) is 1. The van der Waals surface area contributed by atoms with Gasteiger partial charge in [0.05, 0.1) is 5.69 Å². The molecule has 2 aromatic rings. The van der Waals surface area contributed by atoms with Gasteiger partial charge in [-0.15, -0.1) is 0 Å². The van der Waals surface area contributed by atoms with E-state index >= 15 is 0 Å². The van der Waals surface area contributed by atoms with Crippen LogP contribution in [0.5, 0.6) is 0 Å². The molecular formula is C11H14N2. The van der Waals surface area contributed by atoms with E-state index in [1.807, 2.05) is 0 Å². The number of fused-ring (bicyclic) bond motifs is 1. The number of rotatable bonds is 0. The normalized spacial score (nSPS) is 11.1. The maximum Gasteiger partial charge on any atom is 0.137 e. The van der Waals surface area contributed by atoms with Gasteiger partial charge in [0, 0.05) is 11.4 Å². The number of aryl methyl sites for hydroxylation is 4. The summed E-state index contributed by atoms with van der Waals surface area (Å²) in [5, 5.41) is 0. The predicted octanol–water partition coefficient (Wildman–Crippen LogP) is 2.57. The monoisotopic (exact) mass is 174 g/mol. The Morgan fingerprint density at radius 3 is 2.46 bits per heavy atom. The van der Waals surface area contributed by atoms with Gasteiger partial charge in [-0.25, -0.2) is 4.98 Å². The highest BCUT2D eigenvalue weighted by atomic mass is 15.0. The summed E-state index contributed by atoms with van der Waals surface area (Å²) in [6, 6.07) is 4.30. The van der Waals surface area contributed by atoms with Crippen molar-refractivity contribution in [2.45, 2.75) is 27.7 Å². The summed E-state index contributed by atoms with van der Waals surface area (Å²) in [5.74, 6) is 0. The molecule has 0 amide bonds. The van der Waals surface area contributed by atoms with Crippen LogP contribution in [-0.2, 0) is 0 Å². The maximum atomic E-state index is 4.50. The number of pyridine rings is 1. The third kappa shape index (κ3) is 1.13. The molecular weight excluding hydrogens is 160 g/mol. The topological polar surface area (TPSA) is 17.3 Å². The van der Waals surface area contributed by atoms with Crippen molar-refractivity contribution in [2.75, 3.05) is 0 Å². The van der Waals surface area contributed by atoms with Gasteiger partial charge < -0.3 is 4.40 Å². The van der Waals surface area contributed by atoms with Gasteiger partial charge in [-0.3, -0.25) is 0 Å². The van der Waals surface area contributed by atoms with E-state index < -0.39 is 0 Å². The van der Waals surface area contributed by atoms with Crippen molar-refractivity contribution in [3.63, 3.8) is 0 Å². The third-order valence-electron chi connectivity index (χ3n) is 2.52. The van der Waals surface area contributed by atoms with Crippen molar-refractivity contribution in [3.8, 4) is 0 Å². The standard InChI is InChI=1S/C11H14N2/c1-7-5-8(2)13-10(4)9(3)12-11(13)6-7/h5-6H,1-4H3. The molecule has 68 valence electrons. The van der Waals surface area contributed by atoms with Crippen LogP contribution in [-0.4, -0.2) is 9.38 Å². The maximum absolute atomic E-state index is 4.50. The molecule has 2 nitrogen and oxygen atoms in total. The lowest BCUT2D eigenvalue weighted by Crippen LogP contribution is -1.94. The number of imidazole rings is 1. The van der Waals surface area contributed by atoms with Crippen molar-refractivity contribution >= 4 is 5.65 Å². The molecule has 13 heavy (non-hydrogen) atoms. The molecule has 0 saturated carbocycles. The zero-order valence-corrected chi connectivity index (χ0v) is 8.55. The molecule has 2 heteroatoms. The summed E-state index contributed by atoms with van der Waals surface area (Å²) in [7, 11) is 0. The highest BCUT2D eigenvalue weighted by Gasteiger charge is 2.05. The fraction of sp³-hybridized carbons (Fsp3) is 0.364. The van der Waals surface area contributed by atoms with E-state index in [-0.39, 0.29) is 0 Å². The van der Waals surface area contributed by atoms with Crippen molar-refractivity contribution in [2.24, 2.45) is 0 Å². The lowest BCUT2D eigenvalue weighted by atomic mass is 10.2. The summed E-state index contributed by atoms with van der Waals surface area (Å²) in [5.41, 5.74) is 5.96. The Labute approximate surface area is 78.2 Å². The fourth-order valence-corrected chi connectivity index (χ4v) is 1.82. The Kier molecular flexibility index (Phi) is 1.65.